The van der Waals surface area contributed by atoms with Gasteiger partial charge < -0.3 is 10.1 Å². The molecular weight excluding hydrogens is 142 g/mol. The van der Waals surface area contributed by atoms with Crippen molar-refractivity contribution in [2.45, 2.75) is 6.92 Å². The smallest absolute Gasteiger partial charge is 0.115 e. The number of aromatic nitrogens is 3. The Morgan fingerprint density at radius 1 is 1.45 bits per heavy atom. The van der Waals surface area contributed by atoms with Gasteiger partial charge in [0.25, 0.3) is 0 Å². The van der Waals surface area contributed by atoms with Crippen molar-refractivity contribution in [2.75, 3.05) is 0 Å². The molecule has 0 atom stereocenters. The Kier molecular flexibility index (Phi) is 1.09. The van der Waals surface area contributed by atoms with Crippen molar-refractivity contribution in [3.8, 4) is 5.88 Å². The number of hydrogen-bond acceptors (Lipinski definition) is 3. The van der Waals surface area contributed by atoms with E-state index in [1.165, 1.54) is 6.33 Å². The van der Waals surface area contributed by atoms with Crippen LogP contribution in [0.25, 0.3) is 11.0 Å². The summed E-state index contributed by atoms with van der Waals surface area (Å²) in [7, 11) is 0. The Bertz CT molecular complexity index is 393. The van der Waals surface area contributed by atoms with E-state index in [4.69, 9.17) is 0 Å². The highest BCUT2D eigenvalue weighted by Gasteiger charge is 1.97. The normalized spacial score (nSPS) is 10.6. The molecular formula is C7H6N3O-. The molecule has 0 aliphatic rings. The van der Waals surface area contributed by atoms with Gasteiger partial charge in [0.05, 0.1) is 11.0 Å². The molecule has 0 spiro atoms. The van der Waals surface area contributed by atoms with Crippen LogP contribution in [0.5, 0.6) is 5.88 Å². The summed E-state index contributed by atoms with van der Waals surface area (Å²) in [5, 5.41) is 11.0. The van der Waals surface area contributed by atoms with Gasteiger partial charge in [0, 0.05) is 11.6 Å². The molecule has 0 amide bonds. The summed E-state index contributed by atoms with van der Waals surface area (Å²) in [5.41, 5.74) is 2.10. The summed E-state index contributed by atoms with van der Waals surface area (Å²) in [6.07, 6.45) is 1.28. The topological polar surface area (TPSA) is 64.6 Å². The first-order chi connectivity index (χ1) is 5.27. The van der Waals surface area contributed by atoms with Crippen molar-refractivity contribution < 1.29 is 5.11 Å². The van der Waals surface area contributed by atoms with Gasteiger partial charge in [-0.2, -0.15) is 0 Å². The summed E-state index contributed by atoms with van der Waals surface area (Å²) in [6.45, 7) is 1.88. The lowest BCUT2D eigenvalue weighted by atomic mass is 10.4. The quantitative estimate of drug-likeness (QED) is 0.585. The average molecular weight is 148 g/mol. The molecule has 11 heavy (non-hydrogen) atoms. The molecule has 2 rings (SSSR count). The van der Waals surface area contributed by atoms with Gasteiger partial charge >= 0.3 is 0 Å². The Balaban J connectivity index is 2.90. The molecule has 0 unspecified atom stereocenters. The molecule has 0 aromatic carbocycles. The highest BCUT2D eigenvalue weighted by atomic mass is 16.3. The van der Waals surface area contributed by atoms with E-state index >= 15 is 0 Å². The van der Waals surface area contributed by atoms with Crippen LogP contribution < -0.4 is 5.11 Å². The van der Waals surface area contributed by atoms with E-state index < -0.39 is 0 Å². The van der Waals surface area contributed by atoms with Gasteiger partial charge in [0.1, 0.15) is 6.33 Å². The second-order valence-electron chi connectivity index (χ2n) is 2.39. The predicted octanol–water partition coefficient (Wildman–Crippen LogP) is 0.340. The van der Waals surface area contributed by atoms with Crippen LogP contribution in [0.1, 0.15) is 5.69 Å². The number of aryl methyl sites for hydroxylation is 1. The predicted molar refractivity (Wildman–Crippen MR) is 38.1 cm³/mol. The summed E-state index contributed by atoms with van der Waals surface area (Å²) < 4.78 is 0. The minimum Gasteiger partial charge on any atom is -0.857 e. The Morgan fingerprint density at radius 3 is 3.00 bits per heavy atom. The van der Waals surface area contributed by atoms with Gasteiger partial charge in [0.15, 0.2) is 0 Å². The fourth-order valence-corrected chi connectivity index (χ4v) is 1.05. The highest BCUT2D eigenvalue weighted by molar-refractivity contribution is 5.79. The number of rotatable bonds is 0. The fourth-order valence-electron chi connectivity index (χ4n) is 1.05. The summed E-state index contributed by atoms with van der Waals surface area (Å²) in [4.78, 5) is 10.3. The third-order valence-electron chi connectivity index (χ3n) is 1.52. The Labute approximate surface area is 62.9 Å². The molecule has 0 fully saturated rings. The number of nitrogens with one attached hydrogen (secondary N) is 1. The van der Waals surface area contributed by atoms with Crippen molar-refractivity contribution in [3.63, 3.8) is 0 Å². The highest BCUT2D eigenvalue weighted by Crippen LogP contribution is 2.16. The minimum atomic E-state index is -0.247. The molecule has 0 radical (unpaired) electrons. The van der Waals surface area contributed by atoms with E-state index in [9.17, 15) is 5.11 Å². The van der Waals surface area contributed by atoms with Gasteiger partial charge in [-0.3, -0.25) is 4.98 Å². The fraction of sp³-hybridized carbons (Fsp3) is 0.143. The van der Waals surface area contributed by atoms with Crippen LogP contribution >= 0.6 is 0 Å². The van der Waals surface area contributed by atoms with Crippen molar-refractivity contribution in [3.05, 3.63) is 18.1 Å². The average Bonchev–Trinajstić information content (AvgIpc) is 2.31. The van der Waals surface area contributed by atoms with Crippen LogP contribution in [0.2, 0.25) is 0 Å². The zero-order valence-electron chi connectivity index (χ0n) is 5.96. The summed E-state index contributed by atoms with van der Waals surface area (Å²) >= 11 is 0. The van der Waals surface area contributed by atoms with E-state index in [1.807, 2.05) is 13.0 Å². The minimum absolute atomic E-state index is 0.247. The van der Waals surface area contributed by atoms with Gasteiger partial charge in [-0.25, -0.2) is 4.98 Å². The summed E-state index contributed by atoms with van der Waals surface area (Å²) in [5.74, 6) is -0.247. The molecule has 0 saturated carbocycles. The lowest BCUT2D eigenvalue weighted by Gasteiger charge is -2.02. The zero-order valence-corrected chi connectivity index (χ0v) is 5.96. The van der Waals surface area contributed by atoms with Crippen molar-refractivity contribution >= 4 is 11.0 Å². The van der Waals surface area contributed by atoms with Gasteiger partial charge in [0.2, 0.25) is 0 Å². The lowest BCUT2D eigenvalue weighted by molar-refractivity contribution is -0.272. The van der Waals surface area contributed by atoms with Crippen LogP contribution in [-0.4, -0.2) is 15.0 Å². The van der Waals surface area contributed by atoms with E-state index in [-0.39, 0.29) is 5.88 Å². The maximum Gasteiger partial charge on any atom is 0.115 e. The first kappa shape index (κ1) is 6.15. The number of fused-ring (bicyclic) bond motifs is 1. The zero-order chi connectivity index (χ0) is 7.84. The molecule has 0 bridgehead atoms. The van der Waals surface area contributed by atoms with Gasteiger partial charge in [-0.05, 0) is 13.0 Å². The van der Waals surface area contributed by atoms with Crippen molar-refractivity contribution in [1.82, 2.24) is 15.0 Å². The number of hydrogen-bond donors (Lipinski definition) is 1. The van der Waals surface area contributed by atoms with Crippen molar-refractivity contribution in [2.24, 2.45) is 0 Å². The molecule has 2 aromatic heterocycles. The maximum absolute atomic E-state index is 11.0. The molecule has 4 heteroatoms. The molecule has 2 aromatic rings. The van der Waals surface area contributed by atoms with Crippen LogP contribution in [0.3, 0.4) is 0 Å². The third-order valence-corrected chi connectivity index (χ3v) is 1.52. The maximum atomic E-state index is 11.0. The Hall–Kier alpha value is -1.58. The molecule has 1 N–H and O–H groups in total. The van der Waals surface area contributed by atoms with Crippen LogP contribution in [-0.2, 0) is 0 Å². The standard InChI is InChI=1S/C7H7N3O/c1-4-2-5-6(10-4)7(11)9-3-8-5/h2-3,10H,1H3,(H,8,9,11)/p-1. The second-order valence-corrected chi connectivity index (χ2v) is 2.39. The Morgan fingerprint density at radius 2 is 2.27 bits per heavy atom. The van der Waals surface area contributed by atoms with E-state index in [0.717, 1.165) is 5.69 Å². The second kappa shape index (κ2) is 1.95. The summed E-state index contributed by atoms with van der Waals surface area (Å²) in [6, 6.07) is 1.82. The number of nitrogens with zero attached hydrogens (tertiary/aromatic N) is 2. The molecule has 0 saturated heterocycles. The first-order valence-electron chi connectivity index (χ1n) is 3.25. The number of aromatic amines is 1. The lowest BCUT2D eigenvalue weighted by Crippen LogP contribution is -1.94. The monoisotopic (exact) mass is 148 g/mol. The van der Waals surface area contributed by atoms with Crippen molar-refractivity contribution in [1.29, 1.82) is 0 Å². The van der Waals surface area contributed by atoms with Crippen LogP contribution in [0.15, 0.2) is 12.4 Å². The molecule has 2 heterocycles. The van der Waals surface area contributed by atoms with E-state index in [0.29, 0.717) is 11.0 Å². The molecule has 0 aliphatic heterocycles. The van der Waals surface area contributed by atoms with E-state index in [1.54, 1.807) is 0 Å². The van der Waals surface area contributed by atoms with E-state index in [2.05, 4.69) is 15.0 Å². The largest absolute Gasteiger partial charge is 0.857 e. The van der Waals surface area contributed by atoms with Gasteiger partial charge in [-0.15, -0.1) is 0 Å². The van der Waals surface area contributed by atoms with Gasteiger partial charge in [-0.1, -0.05) is 0 Å². The molecule has 4 nitrogen and oxygen atoms in total. The van der Waals surface area contributed by atoms with Crippen LogP contribution in [0, 0.1) is 6.92 Å². The molecule has 0 aliphatic carbocycles. The van der Waals surface area contributed by atoms with Crippen LogP contribution in [0.4, 0.5) is 0 Å². The number of H-pyrrole nitrogens is 1. The first-order valence-corrected chi connectivity index (χ1v) is 3.25. The third kappa shape index (κ3) is 0.832. The SMILES string of the molecule is Cc1cc2ncnc([O-])c2[nH]1. The molecule has 56 valence electrons.